The van der Waals surface area contributed by atoms with Gasteiger partial charge in [0.05, 0.1) is 0 Å². The van der Waals surface area contributed by atoms with Crippen LogP contribution in [-0.2, 0) is 0 Å². The van der Waals surface area contributed by atoms with Crippen molar-refractivity contribution in [2.75, 3.05) is 0 Å². The van der Waals surface area contributed by atoms with Gasteiger partial charge in [-0.15, -0.1) is 0 Å². The van der Waals surface area contributed by atoms with Crippen molar-refractivity contribution >= 4 is 15.9 Å². The molecule has 0 spiro atoms. The quantitative estimate of drug-likeness (QED) is 0.499. The summed E-state index contributed by atoms with van der Waals surface area (Å²) in [6.07, 6.45) is 3.69. The van der Waals surface area contributed by atoms with Crippen molar-refractivity contribution in [1.82, 2.24) is 0 Å². The molecular formula is C5H7Br. The van der Waals surface area contributed by atoms with E-state index in [1.807, 2.05) is 13.0 Å². The molecule has 0 aromatic rings. The van der Waals surface area contributed by atoms with Crippen LogP contribution in [0.4, 0.5) is 0 Å². The molecule has 0 saturated carbocycles. The van der Waals surface area contributed by atoms with Gasteiger partial charge in [0.25, 0.3) is 0 Å². The predicted molar refractivity (Wildman–Crippen MR) is 32.9 cm³/mol. The Morgan fingerprint density at radius 2 is 2.33 bits per heavy atom. The van der Waals surface area contributed by atoms with Crippen LogP contribution in [0.2, 0.25) is 0 Å². The van der Waals surface area contributed by atoms with Crippen LogP contribution in [-0.4, -0.2) is 0 Å². The third kappa shape index (κ3) is 2.21. The second-order valence-corrected chi connectivity index (χ2v) is 1.79. The highest BCUT2D eigenvalue weighted by Crippen LogP contribution is 2.02. The van der Waals surface area contributed by atoms with E-state index in [4.69, 9.17) is 0 Å². The van der Waals surface area contributed by atoms with Gasteiger partial charge in [-0.25, -0.2) is 0 Å². The SMILES string of the molecule is C=CC(Br)=CC. The Morgan fingerprint density at radius 1 is 1.83 bits per heavy atom. The Labute approximate surface area is 46.7 Å². The average Bonchev–Trinajstić information content (AvgIpc) is 1.65. The zero-order chi connectivity index (χ0) is 4.99. The van der Waals surface area contributed by atoms with Gasteiger partial charge >= 0.3 is 0 Å². The molecule has 0 aliphatic carbocycles. The molecule has 1 heteroatoms. The first-order chi connectivity index (χ1) is 2.81. The highest BCUT2D eigenvalue weighted by atomic mass is 79.9. The Morgan fingerprint density at radius 3 is 2.33 bits per heavy atom. The Bertz CT molecular complexity index is 72.0. The molecule has 34 valence electrons. The lowest BCUT2D eigenvalue weighted by Crippen LogP contribution is -1.49. The minimum atomic E-state index is 1.04. The molecule has 0 aromatic heterocycles. The van der Waals surface area contributed by atoms with E-state index >= 15 is 0 Å². The predicted octanol–water partition coefficient (Wildman–Crippen LogP) is 2.47. The lowest BCUT2D eigenvalue weighted by molar-refractivity contribution is 1.72. The van der Waals surface area contributed by atoms with Gasteiger partial charge in [0.1, 0.15) is 0 Å². The third-order valence-electron chi connectivity index (χ3n) is 0.471. The Balaban J connectivity index is 3.50. The van der Waals surface area contributed by atoms with E-state index < -0.39 is 0 Å². The van der Waals surface area contributed by atoms with Crippen LogP contribution in [0.15, 0.2) is 23.2 Å². The Kier molecular flexibility index (Phi) is 3.14. The summed E-state index contributed by atoms with van der Waals surface area (Å²) in [5.41, 5.74) is 0. The van der Waals surface area contributed by atoms with Gasteiger partial charge in [0, 0.05) is 4.48 Å². The maximum absolute atomic E-state index is 3.52. The van der Waals surface area contributed by atoms with E-state index in [1.54, 1.807) is 6.08 Å². The van der Waals surface area contributed by atoms with Crippen molar-refractivity contribution in [3.8, 4) is 0 Å². The summed E-state index contributed by atoms with van der Waals surface area (Å²) in [7, 11) is 0. The highest BCUT2D eigenvalue weighted by molar-refractivity contribution is 9.11. The van der Waals surface area contributed by atoms with Crippen LogP contribution in [0.1, 0.15) is 6.92 Å². The normalized spacial score (nSPS) is 11.3. The summed E-state index contributed by atoms with van der Waals surface area (Å²) in [4.78, 5) is 0. The molecule has 0 amide bonds. The van der Waals surface area contributed by atoms with Gasteiger partial charge in [-0.2, -0.15) is 0 Å². The molecule has 0 heterocycles. The van der Waals surface area contributed by atoms with E-state index in [0.717, 1.165) is 4.48 Å². The van der Waals surface area contributed by atoms with Crippen molar-refractivity contribution in [3.05, 3.63) is 23.2 Å². The van der Waals surface area contributed by atoms with Crippen LogP contribution in [0.3, 0.4) is 0 Å². The zero-order valence-electron chi connectivity index (χ0n) is 3.74. The molecule has 6 heavy (non-hydrogen) atoms. The van der Waals surface area contributed by atoms with Gasteiger partial charge in [-0.1, -0.05) is 34.7 Å². The van der Waals surface area contributed by atoms with Crippen molar-refractivity contribution in [2.45, 2.75) is 6.92 Å². The summed E-state index contributed by atoms with van der Waals surface area (Å²) in [6.45, 7) is 5.47. The van der Waals surface area contributed by atoms with E-state index in [-0.39, 0.29) is 0 Å². The summed E-state index contributed by atoms with van der Waals surface area (Å²) < 4.78 is 1.04. The van der Waals surface area contributed by atoms with Crippen molar-refractivity contribution in [3.63, 3.8) is 0 Å². The molecule has 0 bridgehead atoms. The molecule has 0 fully saturated rings. The van der Waals surface area contributed by atoms with E-state index in [9.17, 15) is 0 Å². The molecule has 0 nitrogen and oxygen atoms in total. The molecule has 0 aromatic carbocycles. The molecule has 0 N–H and O–H groups in total. The minimum absolute atomic E-state index is 1.04. The smallest absolute Gasteiger partial charge is 0.0126 e. The first-order valence-electron chi connectivity index (χ1n) is 1.75. The monoisotopic (exact) mass is 146 g/mol. The van der Waals surface area contributed by atoms with E-state index in [1.165, 1.54) is 0 Å². The Hall–Kier alpha value is -0.0400. The third-order valence-corrected chi connectivity index (χ3v) is 1.25. The summed E-state index contributed by atoms with van der Waals surface area (Å²) in [5.74, 6) is 0. The fourth-order valence-electron chi connectivity index (χ4n) is 0.118. The zero-order valence-corrected chi connectivity index (χ0v) is 5.33. The summed E-state index contributed by atoms with van der Waals surface area (Å²) >= 11 is 3.22. The van der Waals surface area contributed by atoms with Gasteiger partial charge in [0.15, 0.2) is 0 Å². The maximum Gasteiger partial charge on any atom is 0.0126 e. The van der Waals surface area contributed by atoms with E-state index in [0.29, 0.717) is 0 Å². The molecule has 0 saturated heterocycles. The minimum Gasteiger partial charge on any atom is -0.0980 e. The second kappa shape index (κ2) is 3.16. The van der Waals surface area contributed by atoms with Crippen molar-refractivity contribution < 1.29 is 0 Å². The largest absolute Gasteiger partial charge is 0.0980 e. The fourth-order valence-corrected chi connectivity index (χ4v) is 0.118. The molecule has 0 rings (SSSR count). The van der Waals surface area contributed by atoms with Crippen LogP contribution in [0, 0.1) is 0 Å². The molecule has 0 aliphatic rings. The van der Waals surface area contributed by atoms with E-state index in [2.05, 4.69) is 22.5 Å². The van der Waals surface area contributed by atoms with Crippen molar-refractivity contribution in [2.24, 2.45) is 0 Å². The molecule has 0 atom stereocenters. The van der Waals surface area contributed by atoms with Crippen LogP contribution < -0.4 is 0 Å². The number of allylic oxidation sites excluding steroid dienone is 3. The number of hydrogen-bond acceptors (Lipinski definition) is 0. The van der Waals surface area contributed by atoms with Crippen LogP contribution in [0.5, 0.6) is 0 Å². The first kappa shape index (κ1) is 5.96. The number of hydrogen-bond donors (Lipinski definition) is 0. The van der Waals surface area contributed by atoms with Gasteiger partial charge in [0.2, 0.25) is 0 Å². The highest BCUT2D eigenvalue weighted by Gasteiger charge is 1.69. The molecule has 0 unspecified atom stereocenters. The number of rotatable bonds is 1. The molecule has 0 radical (unpaired) electrons. The van der Waals surface area contributed by atoms with Gasteiger partial charge in [-0.05, 0) is 6.92 Å². The van der Waals surface area contributed by atoms with Crippen LogP contribution >= 0.6 is 15.9 Å². The fraction of sp³-hybridized carbons (Fsp3) is 0.200. The number of halogens is 1. The van der Waals surface area contributed by atoms with Gasteiger partial charge < -0.3 is 0 Å². The van der Waals surface area contributed by atoms with Crippen LogP contribution in [0.25, 0.3) is 0 Å². The van der Waals surface area contributed by atoms with Gasteiger partial charge in [-0.3, -0.25) is 0 Å². The first-order valence-corrected chi connectivity index (χ1v) is 2.54. The lowest BCUT2D eigenvalue weighted by Gasteiger charge is -1.75. The molecular weight excluding hydrogens is 140 g/mol. The summed E-state index contributed by atoms with van der Waals surface area (Å²) in [5, 5.41) is 0. The average molecular weight is 147 g/mol. The lowest BCUT2D eigenvalue weighted by atomic mass is 10.5. The molecule has 0 aliphatic heterocycles. The maximum atomic E-state index is 3.52. The summed E-state index contributed by atoms with van der Waals surface area (Å²) in [6, 6.07) is 0. The van der Waals surface area contributed by atoms with Crippen molar-refractivity contribution in [1.29, 1.82) is 0 Å². The topological polar surface area (TPSA) is 0 Å². The standard InChI is InChI=1S/C5H7Br/c1-3-5(6)4-2/h3-4H,1H2,2H3. The second-order valence-electron chi connectivity index (χ2n) is 0.878.